The smallest absolute Gasteiger partial charge is 0.252 e. The number of fused-ring (bicyclic) bond motifs is 13. The molecular weight excluding hydrogens is 418 g/mol. The van der Waals surface area contributed by atoms with Crippen LogP contribution in [0.15, 0.2) is 48.5 Å². The van der Waals surface area contributed by atoms with Crippen LogP contribution in [0.1, 0.15) is 38.2 Å². The standard InChI is InChI=1S/C26H21N3O4/c1-25-26(32,12-30)10-18(33-25)28-16-8-4-2-6-13(16)20-21-15(11-27-24(21)31)19-14-7-3-5-9-17(14)29(25)23(19)22(20)28/h2-9,18,30,32H,10-12H2,1H3,(H,27,31)/t18-,25+,26+/m1/s1/i12D2. The molecule has 2 bridgehead atoms. The Morgan fingerprint density at radius 1 is 1.12 bits per heavy atom. The van der Waals surface area contributed by atoms with E-state index in [9.17, 15) is 15.0 Å². The van der Waals surface area contributed by atoms with Crippen LogP contribution >= 0.6 is 0 Å². The minimum Gasteiger partial charge on any atom is -0.393 e. The van der Waals surface area contributed by atoms with Gasteiger partial charge in [-0.1, -0.05) is 36.4 Å². The van der Waals surface area contributed by atoms with E-state index in [0.717, 1.165) is 49.2 Å². The molecule has 0 unspecified atom stereocenters. The van der Waals surface area contributed by atoms with Gasteiger partial charge in [0.15, 0.2) is 5.72 Å². The summed E-state index contributed by atoms with van der Waals surface area (Å²) in [6.45, 7) is -0.924. The van der Waals surface area contributed by atoms with E-state index in [0.29, 0.717) is 12.1 Å². The van der Waals surface area contributed by atoms with Crippen molar-refractivity contribution >= 4 is 49.5 Å². The fraction of sp³-hybridized carbons (Fsp3) is 0.269. The van der Waals surface area contributed by atoms with Crippen LogP contribution in [0.2, 0.25) is 0 Å². The lowest BCUT2D eigenvalue weighted by Gasteiger charge is -2.38. The normalized spacial score (nSPS) is 29.2. The van der Waals surface area contributed by atoms with Crippen LogP contribution in [-0.2, 0) is 17.0 Å². The van der Waals surface area contributed by atoms with E-state index in [1.807, 2.05) is 57.7 Å². The monoisotopic (exact) mass is 441 g/mol. The molecule has 0 spiro atoms. The van der Waals surface area contributed by atoms with Crippen molar-refractivity contribution in [1.29, 1.82) is 0 Å². The predicted octanol–water partition coefficient (Wildman–Crippen LogP) is 3.47. The zero-order chi connectivity index (χ0) is 24.1. The molecule has 3 atom stereocenters. The topological polar surface area (TPSA) is 88.7 Å². The molecule has 3 aliphatic rings. The second-order valence-corrected chi connectivity index (χ2v) is 9.45. The van der Waals surface area contributed by atoms with Crippen molar-refractivity contribution in [2.45, 2.75) is 37.4 Å². The first kappa shape index (κ1) is 16.3. The molecular formula is C26H21N3O4. The number of carbonyl (C=O) groups excluding carboxylic acids is 1. The Bertz CT molecular complexity index is 1820. The lowest BCUT2D eigenvalue weighted by atomic mass is 9.89. The van der Waals surface area contributed by atoms with Gasteiger partial charge in [0.2, 0.25) is 0 Å². The molecule has 3 N–H and O–H groups in total. The number of ether oxygens (including phenoxy) is 1. The second-order valence-electron chi connectivity index (χ2n) is 9.45. The summed E-state index contributed by atoms with van der Waals surface area (Å²) in [5, 5.41) is 29.0. The van der Waals surface area contributed by atoms with E-state index >= 15 is 0 Å². The van der Waals surface area contributed by atoms with E-state index in [4.69, 9.17) is 7.48 Å². The highest BCUT2D eigenvalue weighted by Gasteiger charge is 2.60. The van der Waals surface area contributed by atoms with Crippen LogP contribution in [-0.4, -0.2) is 37.4 Å². The summed E-state index contributed by atoms with van der Waals surface area (Å²) >= 11 is 0. The van der Waals surface area contributed by atoms with Crippen molar-refractivity contribution in [3.8, 4) is 0 Å². The fourth-order valence-corrected chi connectivity index (χ4v) is 6.60. The minimum absolute atomic E-state index is 0.119. The minimum atomic E-state index is -2.94. The quantitative estimate of drug-likeness (QED) is 0.372. The summed E-state index contributed by atoms with van der Waals surface area (Å²) in [5.74, 6) is -0.119. The number of aliphatic hydroxyl groups is 2. The van der Waals surface area contributed by atoms with Gasteiger partial charge < -0.3 is 29.4 Å². The zero-order valence-corrected chi connectivity index (χ0v) is 17.7. The van der Waals surface area contributed by atoms with Crippen molar-refractivity contribution in [3.63, 3.8) is 0 Å². The Labute approximate surface area is 190 Å². The average molecular weight is 441 g/mol. The summed E-state index contributed by atoms with van der Waals surface area (Å²) in [6.07, 6.45) is -0.934. The Balaban J connectivity index is 1.74. The van der Waals surface area contributed by atoms with Gasteiger partial charge in [-0.05, 0) is 24.6 Å². The third kappa shape index (κ3) is 1.75. The molecule has 1 saturated heterocycles. The van der Waals surface area contributed by atoms with Gasteiger partial charge in [0, 0.05) is 34.5 Å². The molecule has 0 radical (unpaired) electrons. The van der Waals surface area contributed by atoms with Crippen molar-refractivity contribution in [3.05, 3.63) is 59.7 Å². The first-order chi connectivity index (χ1) is 16.7. The number of amides is 1. The van der Waals surface area contributed by atoms with Gasteiger partial charge in [-0.25, -0.2) is 0 Å². The number of aromatic nitrogens is 2. The Kier molecular flexibility index (Phi) is 2.66. The predicted molar refractivity (Wildman–Crippen MR) is 124 cm³/mol. The molecule has 5 heterocycles. The summed E-state index contributed by atoms with van der Waals surface area (Å²) in [7, 11) is 0. The Morgan fingerprint density at radius 2 is 1.82 bits per heavy atom. The lowest BCUT2D eigenvalue weighted by Crippen LogP contribution is -2.53. The maximum atomic E-state index is 13.2. The van der Waals surface area contributed by atoms with E-state index in [1.165, 1.54) is 0 Å². The molecule has 7 heteroatoms. The Morgan fingerprint density at radius 3 is 2.58 bits per heavy atom. The first-order valence-corrected chi connectivity index (χ1v) is 11.1. The summed E-state index contributed by atoms with van der Waals surface area (Å²) in [4.78, 5) is 13.2. The van der Waals surface area contributed by atoms with Gasteiger partial charge in [0.25, 0.3) is 5.91 Å². The van der Waals surface area contributed by atoms with Crippen LogP contribution in [0, 0.1) is 0 Å². The van der Waals surface area contributed by atoms with Crippen molar-refractivity contribution in [2.75, 3.05) is 6.56 Å². The van der Waals surface area contributed by atoms with Gasteiger partial charge in [-0.2, -0.15) is 0 Å². The molecule has 3 aromatic carbocycles. The third-order valence-electron chi connectivity index (χ3n) is 8.02. The molecule has 2 aromatic heterocycles. The molecule has 33 heavy (non-hydrogen) atoms. The number of nitrogens with one attached hydrogen (secondary N) is 1. The number of nitrogens with zero attached hydrogens (tertiary/aromatic N) is 2. The van der Waals surface area contributed by atoms with Crippen LogP contribution in [0.5, 0.6) is 0 Å². The largest absolute Gasteiger partial charge is 0.393 e. The van der Waals surface area contributed by atoms with Gasteiger partial charge in [0.05, 0.1) is 36.9 Å². The summed E-state index contributed by atoms with van der Waals surface area (Å²) < 4.78 is 26.9. The molecule has 0 aliphatic carbocycles. The van der Waals surface area contributed by atoms with Gasteiger partial charge in [-0.3, -0.25) is 4.79 Å². The zero-order valence-electron chi connectivity index (χ0n) is 19.7. The third-order valence-corrected chi connectivity index (χ3v) is 8.02. The molecule has 1 amide bonds. The maximum Gasteiger partial charge on any atom is 0.252 e. The number of hydrogen-bond donors (Lipinski definition) is 3. The van der Waals surface area contributed by atoms with Crippen molar-refractivity contribution < 1.29 is 22.5 Å². The van der Waals surface area contributed by atoms with Gasteiger partial charge in [-0.15, -0.1) is 0 Å². The molecule has 8 rings (SSSR count). The SMILES string of the molecule is [2H]C([2H])(O)[C@@]1(O)C[C@H]2O[C@]1(C)n1c3ccccc3c3c4c(c5c6ccccc6n2c5c31)C(=O)NC4. The summed E-state index contributed by atoms with van der Waals surface area (Å²) in [6, 6.07) is 15.5. The van der Waals surface area contributed by atoms with E-state index in [-0.39, 0.29) is 12.3 Å². The fourth-order valence-electron chi connectivity index (χ4n) is 6.60. The first-order valence-electron chi connectivity index (χ1n) is 12.1. The van der Waals surface area contributed by atoms with Gasteiger partial charge >= 0.3 is 0 Å². The number of para-hydroxylation sites is 2. The van der Waals surface area contributed by atoms with Crippen LogP contribution in [0.4, 0.5) is 0 Å². The van der Waals surface area contributed by atoms with Gasteiger partial charge in [0.1, 0.15) is 11.8 Å². The van der Waals surface area contributed by atoms with Crippen LogP contribution in [0.3, 0.4) is 0 Å². The van der Waals surface area contributed by atoms with E-state index in [1.54, 1.807) is 6.92 Å². The highest BCUT2D eigenvalue weighted by atomic mass is 16.6. The molecule has 7 nitrogen and oxygen atoms in total. The average Bonchev–Trinajstić information content (AvgIpc) is 3.50. The molecule has 1 fully saturated rings. The molecule has 3 aliphatic heterocycles. The molecule has 5 aromatic rings. The number of carbonyl (C=O) groups is 1. The number of hydrogen-bond acceptors (Lipinski definition) is 4. The molecule has 164 valence electrons. The molecule has 0 saturated carbocycles. The van der Waals surface area contributed by atoms with Crippen LogP contribution in [0.25, 0.3) is 43.6 Å². The van der Waals surface area contributed by atoms with Crippen molar-refractivity contribution in [2.24, 2.45) is 0 Å². The Hall–Kier alpha value is -3.39. The summed E-state index contributed by atoms with van der Waals surface area (Å²) in [5.41, 5.74) is 0.804. The highest BCUT2D eigenvalue weighted by Crippen LogP contribution is 2.57. The van der Waals surface area contributed by atoms with Crippen LogP contribution < -0.4 is 5.32 Å². The van der Waals surface area contributed by atoms with E-state index < -0.39 is 24.1 Å². The number of rotatable bonds is 1. The number of benzene rings is 3. The van der Waals surface area contributed by atoms with E-state index in [2.05, 4.69) is 5.32 Å². The maximum absolute atomic E-state index is 13.2. The second kappa shape index (κ2) is 5.39. The van der Waals surface area contributed by atoms with Crippen molar-refractivity contribution in [1.82, 2.24) is 14.5 Å². The lowest BCUT2D eigenvalue weighted by molar-refractivity contribution is -0.189. The highest BCUT2D eigenvalue weighted by molar-refractivity contribution is 6.31.